The van der Waals surface area contributed by atoms with Gasteiger partial charge in [0.15, 0.2) is 0 Å². The van der Waals surface area contributed by atoms with Crippen LogP contribution in [0.15, 0.2) is 71.9 Å². The van der Waals surface area contributed by atoms with Crippen molar-refractivity contribution in [3.8, 4) is 0 Å². The summed E-state index contributed by atoms with van der Waals surface area (Å²) in [6.07, 6.45) is 2.23. The maximum atomic E-state index is 13.0. The second kappa shape index (κ2) is 9.78. The molecule has 0 aliphatic rings. The number of anilines is 1. The van der Waals surface area contributed by atoms with Crippen molar-refractivity contribution >= 4 is 52.5 Å². The van der Waals surface area contributed by atoms with Crippen LogP contribution in [0.5, 0.6) is 0 Å². The fraction of sp³-hybridized carbons (Fsp3) is 0.0952. The maximum absolute atomic E-state index is 13.0. The second-order valence-electron chi connectivity index (χ2n) is 5.90. The predicted molar refractivity (Wildman–Crippen MR) is 116 cm³/mol. The van der Waals surface area contributed by atoms with Crippen LogP contribution in [0.25, 0.3) is 0 Å². The largest absolute Gasteiger partial charge is 0.444 e. The van der Waals surface area contributed by atoms with Crippen molar-refractivity contribution in [2.45, 2.75) is 11.1 Å². The zero-order chi connectivity index (χ0) is 20.8. The first-order chi connectivity index (χ1) is 14.0. The molecule has 3 rings (SSSR count). The molecule has 0 radical (unpaired) electrons. The van der Waals surface area contributed by atoms with Crippen LogP contribution in [0.2, 0.25) is 10.0 Å². The highest BCUT2D eigenvalue weighted by molar-refractivity contribution is 7.98. The Kier molecular flexibility index (Phi) is 7.14. The van der Waals surface area contributed by atoms with Gasteiger partial charge in [-0.25, -0.2) is 9.78 Å². The zero-order valence-electron chi connectivity index (χ0n) is 15.3. The molecule has 3 aromatic rings. The van der Waals surface area contributed by atoms with Gasteiger partial charge in [0.1, 0.15) is 5.03 Å². The van der Waals surface area contributed by atoms with Crippen molar-refractivity contribution in [1.29, 1.82) is 0 Å². The number of aromatic nitrogens is 1. The Bertz CT molecular complexity index is 1010. The van der Waals surface area contributed by atoms with Crippen molar-refractivity contribution in [3.05, 3.63) is 88.0 Å². The fourth-order valence-electron chi connectivity index (χ4n) is 2.61. The van der Waals surface area contributed by atoms with Crippen LogP contribution in [0.1, 0.15) is 22.0 Å². The van der Waals surface area contributed by atoms with Gasteiger partial charge in [0.2, 0.25) is 6.10 Å². The molecule has 8 heteroatoms. The molecular weight excluding hydrogens is 431 g/mol. The van der Waals surface area contributed by atoms with Gasteiger partial charge in [-0.15, -0.1) is 11.8 Å². The Morgan fingerprint density at radius 1 is 1.03 bits per heavy atom. The van der Waals surface area contributed by atoms with E-state index in [1.165, 1.54) is 11.8 Å². The molecule has 2 aromatic carbocycles. The van der Waals surface area contributed by atoms with Crippen LogP contribution < -0.4 is 5.32 Å². The number of pyridine rings is 1. The smallest absolute Gasteiger partial charge is 0.342 e. The van der Waals surface area contributed by atoms with E-state index in [1.54, 1.807) is 60.8 Å². The van der Waals surface area contributed by atoms with Gasteiger partial charge in [0.25, 0.3) is 5.91 Å². The lowest BCUT2D eigenvalue weighted by Gasteiger charge is -2.19. The van der Waals surface area contributed by atoms with Crippen LogP contribution in [0.3, 0.4) is 0 Å². The molecule has 0 saturated carbocycles. The molecule has 1 N–H and O–H groups in total. The number of hydrogen-bond acceptors (Lipinski definition) is 5. The number of thioether (sulfide) groups is 1. The third kappa shape index (κ3) is 5.50. The molecule has 0 fully saturated rings. The summed E-state index contributed by atoms with van der Waals surface area (Å²) in [6, 6.07) is 16.7. The minimum Gasteiger partial charge on any atom is -0.444 e. The van der Waals surface area contributed by atoms with E-state index in [0.29, 0.717) is 31.9 Å². The number of carbonyl (C=O) groups is 2. The monoisotopic (exact) mass is 446 g/mol. The first-order valence-corrected chi connectivity index (χ1v) is 10.5. The molecule has 29 heavy (non-hydrogen) atoms. The molecule has 1 aromatic heterocycles. The minimum atomic E-state index is -1.17. The minimum absolute atomic E-state index is 0.291. The number of nitrogens with one attached hydrogen (secondary N) is 1. The number of ether oxygens (including phenoxy) is 1. The molecular formula is C21H16Cl2N2O3S. The van der Waals surface area contributed by atoms with E-state index in [4.69, 9.17) is 27.9 Å². The third-order valence-electron chi connectivity index (χ3n) is 3.88. The number of benzene rings is 2. The summed E-state index contributed by atoms with van der Waals surface area (Å²) < 4.78 is 5.59. The van der Waals surface area contributed by atoms with E-state index in [0.717, 1.165) is 0 Å². The summed E-state index contributed by atoms with van der Waals surface area (Å²) in [5.41, 5.74) is 1.22. The van der Waals surface area contributed by atoms with E-state index in [9.17, 15) is 9.59 Å². The number of carbonyl (C=O) groups excluding carboxylic acids is 2. The average Bonchev–Trinajstić information content (AvgIpc) is 2.71. The summed E-state index contributed by atoms with van der Waals surface area (Å²) in [5.74, 6) is -1.17. The Labute approximate surface area is 182 Å². The molecule has 0 spiro atoms. The number of hydrogen-bond donors (Lipinski definition) is 1. The lowest BCUT2D eigenvalue weighted by Crippen LogP contribution is -2.26. The number of rotatable bonds is 6. The molecule has 0 bridgehead atoms. The maximum Gasteiger partial charge on any atom is 0.342 e. The van der Waals surface area contributed by atoms with Crippen molar-refractivity contribution in [3.63, 3.8) is 0 Å². The molecule has 148 valence electrons. The fourth-order valence-corrected chi connectivity index (χ4v) is 3.68. The zero-order valence-corrected chi connectivity index (χ0v) is 17.6. The van der Waals surface area contributed by atoms with Gasteiger partial charge >= 0.3 is 5.97 Å². The molecule has 1 heterocycles. The molecule has 0 aliphatic carbocycles. The lowest BCUT2D eigenvalue weighted by molar-refractivity contribution is -0.125. The van der Waals surface area contributed by atoms with Crippen LogP contribution in [0.4, 0.5) is 5.69 Å². The molecule has 5 nitrogen and oxygen atoms in total. The summed E-state index contributed by atoms with van der Waals surface area (Å²) in [7, 11) is 0. The summed E-state index contributed by atoms with van der Waals surface area (Å²) >= 11 is 13.3. The second-order valence-corrected chi connectivity index (χ2v) is 7.57. The van der Waals surface area contributed by atoms with Gasteiger partial charge < -0.3 is 10.1 Å². The molecule has 1 atom stereocenters. The van der Waals surface area contributed by atoms with Crippen LogP contribution in [-0.2, 0) is 9.53 Å². The van der Waals surface area contributed by atoms with Crippen molar-refractivity contribution < 1.29 is 14.3 Å². The van der Waals surface area contributed by atoms with Crippen LogP contribution >= 0.6 is 35.0 Å². The average molecular weight is 447 g/mol. The van der Waals surface area contributed by atoms with Gasteiger partial charge in [0, 0.05) is 27.5 Å². The van der Waals surface area contributed by atoms with E-state index in [2.05, 4.69) is 10.3 Å². The Morgan fingerprint density at radius 2 is 1.72 bits per heavy atom. The topological polar surface area (TPSA) is 68.3 Å². The number of esters is 1. The third-order valence-corrected chi connectivity index (χ3v) is 5.03. The first kappa shape index (κ1) is 21.2. The molecule has 0 aliphatic heterocycles. The van der Waals surface area contributed by atoms with Crippen LogP contribution in [0, 0.1) is 0 Å². The highest BCUT2D eigenvalue weighted by Crippen LogP contribution is 2.27. The Hall–Kier alpha value is -2.54. The Balaban J connectivity index is 1.88. The van der Waals surface area contributed by atoms with Gasteiger partial charge in [0.05, 0.1) is 5.56 Å². The van der Waals surface area contributed by atoms with E-state index in [-0.39, 0.29) is 0 Å². The lowest BCUT2D eigenvalue weighted by atomic mass is 10.1. The van der Waals surface area contributed by atoms with Gasteiger partial charge in [-0.3, -0.25) is 4.79 Å². The molecule has 0 saturated heterocycles. The molecule has 1 unspecified atom stereocenters. The first-order valence-electron chi connectivity index (χ1n) is 8.50. The highest BCUT2D eigenvalue weighted by atomic mass is 35.5. The van der Waals surface area contributed by atoms with Gasteiger partial charge in [-0.2, -0.15) is 0 Å². The quantitative estimate of drug-likeness (QED) is 0.391. The summed E-state index contributed by atoms with van der Waals surface area (Å²) in [6.45, 7) is 0. The van der Waals surface area contributed by atoms with Crippen molar-refractivity contribution in [2.75, 3.05) is 11.6 Å². The van der Waals surface area contributed by atoms with Crippen molar-refractivity contribution in [1.82, 2.24) is 4.98 Å². The highest BCUT2D eigenvalue weighted by Gasteiger charge is 2.27. The van der Waals surface area contributed by atoms with E-state index in [1.807, 2.05) is 12.3 Å². The normalized spacial score (nSPS) is 11.6. The van der Waals surface area contributed by atoms with Crippen molar-refractivity contribution in [2.24, 2.45) is 0 Å². The SMILES string of the molecule is CSc1ncccc1C(=O)OC(C(=O)Nc1cc(Cl)cc(Cl)c1)c1ccccc1. The standard InChI is InChI=1S/C21H16Cl2N2O3S/c1-29-20-17(8-5-9-24-20)21(27)28-18(13-6-3-2-4-7-13)19(26)25-16-11-14(22)10-15(23)12-16/h2-12,18H,1H3,(H,25,26). The number of halogens is 2. The van der Waals surface area contributed by atoms with Crippen LogP contribution in [-0.4, -0.2) is 23.1 Å². The van der Waals surface area contributed by atoms with Gasteiger partial charge in [-0.05, 0) is 36.6 Å². The molecule has 1 amide bonds. The summed E-state index contributed by atoms with van der Waals surface area (Å²) in [4.78, 5) is 29.9. The predicted octanol–water partition coefficient (Wildman–Crippen LogP) is 5.65. The number of amides is 1. The number of nitrogens with zero attached hydrogens (tertiary/aromatic N) is 1. The van der Waals surface area contributed by atoms with E-state index >= 15 is 0 Å². The summed E-state index contributed by atoms with van der Waals surface area (Å²) in [5, 5.41) is 3.97. The Morgan fingerprint density at radius 3 is 2.38 bits per heavy atom. The van der Waals surface area contributed by atoms with Gasteiger partial charge in [-0.1, -0.05) is 53.5 Å². The van der Waals surface area contributed by atoms with E-state index < -0.39 is 18.0 Å².